The van der Waals surface area contributed by atoms with E-state index in [-0.39, 0.29) is 6.04 Å². The fourth-order valence-electron chi connectivity index (χ4n) is 2.32. The molecule has 1 saturated heterocycles. The van der Waals surface area contributed by atoms with Crippen LogP contribution >= 0.6 is 0 Å². The van der Waals surface area contributed by atoms with Gasteiger partial charge in [-0.25, -0.2) is 0 Å². The molecule has 0 saturated carbocycles. The highest BCUT2D eigenvalue weighted by Gasteiger charge is 2.24. The molecule has 0 bridgehead atoms. The van der Waals surface area contributed by atoms with Crippen molar-refractivity contribution in [3.8, 4) is 0 Å². The largest absolute Gasteiger partial charge is 0.480 e. The molecular formula is C14H21N3O2. The Morgan fingerprint density at radius 1 is 1.37 bits per heavy atom. The van der Waals surface area contributed by atoms with Crippen molar-refractivity contribution in [2.75, 3.05) is 26.2 Å². The van der Waals surface area contributed by atoms with Gasteiger partial charge < -0.3 is 5.11 Å². The Morgan fingerprint density at radius 3 is 2.58 bits per heavy atom. The number of piperazine rings is 1. The van der Waals surface area contributed by atoms with Crippen molar-refractivity contribution in [1.29, 1.82) is 0 Å². The molecule has 1 atom stereocenters. The monoisotopic (exact) mass is 263 g/mol. The van der Waals surface area contributed by atoms with Crippen LogP contribution in [0.3, 0.4) is 0 Å². The Labute approximate surface area is 113 Å². The van der Waals surface area contributed by atoms with Crippen molar-refractivity contribution >= 4 is 5.97 Å². The summed E-state index contributed by atoms with van der Waals surface area (Å²) in [6, 6.07) is 3.75. The molecule has 2 heterocycles. The number of carboxylic acids is 1. The van der Waals surface area contributed by atoms with E-state index in [2.05, 4.69) is 16.0 Å². The minimum Gasteiger partial charge on any atom is -0.480 e. The highest BCUT2D eigenvalue weighted by molar-refractivity contribution is 5.72. The van der Waals surface area contributed by atoms with Crippen molar-refractivity contribution in [3.63, 3.8) is 0 Å². The first-order valence-electron chi connectivity index (χ1n) is 6.67. The molecule has 2 rings (SSSR count). The number of nitrogens with zero attached hydrogens (tertiary/aromatic N) is 3. The van der Waals surface area contributed by atoms with Gasteiger partial charge in [0.2, 0.25) is 0 Å². The number of hydrogen-bond donors (Lipinski definition) is 1. The highest BCUT2D eigenvalue weighted by Crippen LogP contribution is 2.10. The Kier molecular flexibility index (Phi) is 4.50. The number of aliphatic carboxylic acids is 1. The van der Waals surface area contributed by atoms with E-state index in [0.29, 0.717) is 0 Å². The second-order valence-electron chi connectivity index (χ2n) is 5.13. The normalized spacial score (nSPS) is 19.3. The predicted molar refractivity (Wildman–Crippen MR) is 72.9 cm³/mol. The number of aryl methyl sites for hydroxylation is 1. The van der Waals surface area contributed by atoms with Crippen molar-refractivity contribution in [2.24, 2.45) is 0 Å². The molecule has 0 amide bonds. The standard InChI is InChI=1S/C14H21N3O2/c1-11-3-4-13(9-15-11)10-16-5-7-17(8-6-16)12(2)14(18)19/h3-4,9,12H,5-8,10H2,1-2H3,(H,18,19). The lowest BCUT2D eigenvalue weighted by molar-refractivity contribution is -0.143. The van der Waals surface area contributed by atoms with Crippen molar-refractivity contribution < 1.29 is 9.90 Å². The topological polar surface area (TPSA) is 56.7 Å². The van der Waals surface area contributed by atoms with Crippen LogP contribution in [-0.4, -0.2) is 58.1 Å². The molecule has 19 heavy (non-hydrogen) atoms. The van der Waals surface area contributed by atoms with Crippen LogP contribution in [0.5, 0.6) is 0 Å². The van der Waals surface area contributed by atoms with Gasteiger partial charge in [-0.2, -0.15) is 0 Å². The van der Waals surface area contributed by atoms with Crippen molar-refractivity contribution in [3.05, 3.63) is 29.6 Å². The number of aromatic nitrogens is 1. The SMILES string of the molecule is Cc1ccc(CN2CCN(C(C)C(=O)O)CC2)cn1. The summed E-state index contributed by atoms with van der Waals surface area (Å²) in [4.78, 5) is 19.6. The molecule has 0 radical (unpaired) electrons. The third kappa shape index (κ3) is 3.75. The van der Waals surface area contributed by atoms with Gasteiger partial charge in [0.15, 0.2) is 0 Å². The fraction of sp³-hybridized carbons (Fsp3) is 0.571. The Hall–Kier alpha value is -1.46. The molecule has 104 valence electrons. The maximum absolute atomic E-state index is 10.9. The quantitative estimate of drug-likeness (QED) is 0.877. The Balaban J connectivity index is 1.83. The van der Waals surface area contributed by atoms with E-state index >= 15 is 0 Å². The summed E-state index contributed by atoms with van der Waals surface area (Å²) in [6.45, 7) is 8.07. The Bertz CT molecular complexity index is 425. The second kappa shape index (κ2) is 6.12. The first-order chi connectivity index (χ1) is 9.06. The van der Waals surface area contributed by atoms with Gasteiger partial charge >= 0.3 is 5.97 Å². The molecule has 1 aromatic rings. The minimum absolute atomic E-state index is 0.386. The molecule has 5 nitrogen and oxygen atoms in total. The molecule has 1 unspecified atom stereocenters. The van der Waals surface area contributed by atoms with E-state index in [1.54, 1.807) is 6.92 Å². The average molecular weight is 263 g/mol. The molecule has 1 aliphatic rings. The maximum atomic E-state index is 10.9. The minimum atomic E-state index is -0.740. The van der Waals surface area contributed by atoms with E-state index in [4.69, 9.17) is 5.11 Å². The van der Waals surface area contributed by atoms with Gasteiger partial charge in [-0.15, -0.1) is 0 Å². The summed E-state index contributed by atoms with van der Waals surface area (Å²) in [6.07, 6.45) is 1.92. The molecule has 0 spiro atoms. The van der Waals surface area contributed by atoms with Gasteiger partial charge in [-0.3, -0.25) is 19.6 Å². The first kappa shape index (κ1) is 14.0. The van der Waals surface area contributed by atoms with E-state index in [1.807, 2.05) is 24.1 Å². The summed E-state index contributed by atoms with van der Waals surface area (Å²) >= 11 is 0. The fourth-order valence-corrected chi connectivity index (χ4v) is 2.32. The molecule has 1 N–H and O–H groups in total. The van der Waals surface area contributed by atoms with Gasteiger partial charge in [0.1, 0.15) is 6.04 Å². The number of carbonyl (C=O) groups is 1. The van der Waals surface area contributed by atoms with E-state index in [0.717, 1.165) is 38.4 Å². The lowest BCUT2D eigenvalue weighted by Gasteiger charge is -2.36. The lowest BCUT2D eigenvalue weighted by Crippen LogP contribution is -2.51. The average Bonchev–Trinajstić information content (AvgIpc) is 2.41. The number of hydrogen-bond acceptors (Lipinski definition) is 4. The second-order valence-corrected chi connectivity index (χ2v) is 5.13. The zero-order valence-corrected chi connectivity index (χ0v) is 11.5. The predicted octanol–water partition coefficient (Wildman–Crippen LogP) is 0.981. The smallest absolute Gasteiger partial charge is 0.320 e. The lowest BCUT2D eigenvalue weighted by atomic mass is 10.2. The molecular weight excluding hydrogens is 242 g/mol. The van der Waals surface area contributed by atoms with Crippen molar-refractivity contribution in [1.82, 2.24) is 14.8 Å². The van der Waals surface area contributed by atoms with Gasteiger partial charge in [-0.05, 0) is 25.5 Å². The van der Waals surface area contributed by atoms with Crippen LogP contribution in [0.25, 0.3) is 0 Å². The zero-order valence-electron chi connectivity index (χ0n) is 11.5. The van der Waals surface area contributed by atoms with Crippen LogP contribution < -0.4 is 0 Å². The van der Waals surface area contributed by atoms with Gasteiger partial charge in [-0.1, -0.05) is 6.07 Å². The molecule has 1 aromatic heterocycles. The van der Waals surface area contributed by atoms with Crippen LogP contribution in [0.4, 0.5) is 0 Å². The van der Waals surface area contributed by atoms with Gasteiger partial charge in [0.05, 0.1) is 0 Å². The van der Waals surface area contributed by atoms with Gasteiger partial charge in [0, 0.05) is 44.6 Å². The molecule has 5 heteroatoms. The summed E-state index contributed by atoms with van der Waals surface area (Å²) in [5.41, 5.74) is 2.24. The zero-order chi connectivity index (χ0) is 13.8. The number of pyridine rings is 1. The van der Waals surface area contributed by atoms with E-state index in [9.17, 15) is 4.79 Å². The third-order valence-electron chi connectivity index (χ3n) is 3.69. The summed E-state index contributed by atoms with van der Waals surface area (Å²) in [7, 11) is 0. The van der Waals surface area contributed by atoms with Crippen LogP contribution in [0.2, 0.25) is 0 Å². The van der Waals surface area contributed by atoms with Crippen LogP contribution in [0.15, 0.2) is 18.3 Å². The number of rotatable bonds is 4. The first-order valence-corrected chi connectivity index (χ1v) is 6.67. The molecule has 0 aliphatic carbocycles. The molecule has 1 aliphatic heterocycles. The summed E-state index contributed by atoms with van der Waals surface area (Å²) in [5, 5.41) is 9.00. The highest BCUT2D eigenvalue weighted by atomic mass is 16.4. The summed E-state index contributed by atoms with van der Waals surface area (Å²) in [5.74, 6) is -0.740. The third-order valence-corrected chi connectivity index (χ3v) is 3.69. The van der Waals surface area contributed by atoms with Crippen LogP contribution in [0, 0.1) is 6.92 Å². The van der Waals surface area contributed by atoms with Crippen molar-refractivity contribution in [2.45, 2.75) is 26.4 Å². The van der Waals surface area contributed by atoms with E-state index < -0.39 is 5.97 Å². The number of carboxylic acid groups (broad SMARTS) is 1. The molecule has 1 fully saturated rings. The van der Waals surface area contributed by atoms with E-state index in [1.165, 1.54) is 5.56 Å². The Morgan fingerprint density at radius 2 is 2.05 bits per heavy atom. The van der Waals surface area contributed by atoms with Crippen LogP contribution in [-0.2, 0) is 11.3 Å². The van der Waals surface area contributed by atoms with Crippen LogP contribution in [0.1, 0.15) is 18.2 Å². The summed E-state index contributed by atoms with van der Waals surface area (Å²) < 4.78 is 0. The molecule has 0 aromatic carbocycles. The van der Waals surface area contributed by atoms with Gasteiger partial charge in [0.25, 0.3) is 0 Å². The maximum Gasteiger partial charge on any atom is 0.320 e.